The number of nitrogens with zero attached hydrogens (tertiary/aromatic N) is 1. The van der Waals surface area contributed by atoms with Crippen molar-refractivity contribution in [3.63, 3.8) is 0 Å². The molecule has 0 spiro atoms. The van der Waals surface area contributed by atoms with E-state index in [4.69, 9.17) is 0 Å². The number of fused-ring (bicyclic) bond motifs is 1. The number of nitrogens with one attached hydrogen (secondary N) is 4. The van der Waals surface area contributed by atoms with Gasteiger partial charge in [-0.05, 0) is 61.6 Å². The van der Waals surface area contributed by atoms with Gasteiger partial charge in [-0.25, -0.2) is 4.98 Å². The van der Waals surface area contributed by atoms with E-state index in [-0.39, 0.29) is 11.8 Å². The topological polar surface area (TPSA) is 98.9 Å². The van der Waals surface area contributed by atoms with Gasteiger partial charge in [0.05, 0.1) is 0 Å². The highest BCUT2D eigenvalue weighted by Crippen LogP contribution is 2.24. The zero-order valence-electron chi connectivity index (χ0n) is 16.4. The number of amides is 2. The number of aromatic amines is 1. The number of H-pyrrole nitrogens is 1. The Bertz CT molecular complexity index is 1040. The molecule has 2 aromatic heterocycles. The third-order valence-electron chi connectivity index (χ3n) is 5.27. The van der Waals surface area contributed by atoms with E-state index >= 15 is 0 Å². The molecule has 29 heavy (non-hydrogen) atoms. The van der Waals surface area contributed by atoms with E-state index in [2.05, 4.69) is 25.9 Å². The number of aromatic nitrogens is 2. The first kappa shape index (κ1) is 19.0. The zero-order valence-corrected chi connectivity index (χ0v) is 16.4. The van der Waals surface area contributed by atoms with Crippen LogP contribution >= 0.6 is 0 Å². The summed E-state index contributed by atoms with van der Waals surface area (Å²) in [7, 11) is 0. The predicted octanol–water partition coefficient (Wildman–Crippen LogP) is 3.46. The van der Waals surface area contributed by atoms with E-state index in [1.54, 1.807) is 18.3 Å². The van der Waals surface area contributed by atoms with Crippen molar-refractivity contribution in [2.75, 3.05) is 17.2 Å². The van der Waals surface area contributed by atoms with Crippen LogP contribution in [0.15, 0.2) is 42.7 Å². The summed E-state index contributed by atoms with van der Waals surface area (Å²) < 4.78 is 0. The Morgan fingerprint density at radius 3 is 2.83 bits per heavy atom. The van der Waals surface area contributed by atoms with Crippen molar-refractivity contribution in [3.8, 4) is 0 Å². The Kier molecular flexibility index (Phi) is 5.46. The molecule has 2 heterocycles. The number of pyridine rings is 1. The molecule has 3 aromatic rings. The standard InChI is InChI=1S/C22H25N5O2/c1-14(28)23-9-8-16-13-25-20-6-5-18(12-19(16)20)27-22(29)15-7-10-24-21(11-15)26-17-3-2-4-17/h5-7,10-13,17,25H,2-4,8-9H2,1H3,(H,23,28)(H,24,26)(H,27,29). The van der Waals surface area contributed by atoms with Crippen molar-refractivity contribution >= 4 is 34.2 Å². The van der Waals surface area contributed by atoms with Gasteiger partial charge in [0.25, 0.3) is 5.91 Å². The van der Waals surface area contributed by atoms with Crippen LogP contribution in [0.1, 0.15) is 42.1 Å². The molecule has 0 atom stereocenters. The third kappa shape index (κ3) is 4.56. The quantitative estimate of drug-likeness (QED) is 0.496. The number of carbonyl (C=O) groups is 2. The molecule has 150 valence electrons. The molecule has 0 unspecified atom stereocenters. The van der Waals surface area contributed by atoms with Crippen LogP contribution in [-0.2, 0) is 11.2 Å². The second-order valence-corrected chi connectivity index (χ2v) is 7.46. The molecule has 0 radical (unpaired) electrons. The maximum Gasteiger partial charge on any atom is 0.255 e. The van der Waals surface area contributed by atoms with Gasteiger partial charge in [-0.15, -0.1) is 0 Å². The lowest BCUT2D eigenvalue weighted by Gasteiger charge is -2.26. The Balaban J connectivity index is 1.46. The molecule has 0 bridgehead atoms. The number of benzene rings is 1. The van der Waals surface area contributed by atoms with Crippen LogP contribution < -0.4 is 16.0 Å². The van der Waals surface area contributed by atoms with Crippen LogP contribution in [0.3, 0.4) is 0 Å². The number of hydrogen-bond donors (Lipinski definition) is 4. The maximum atomic E-state index is 12.7. The Labute approximate surface area is 169 Å². The molecular formula is C22H25N5O2. The maximum absolute atomic E-state index is 12.7. The molecule has 1 aliphatic carbocycles. The lowest BCUT2D eigenvalue weighted by molar-refractivity contribution is -0.118. The van der Waals surface area contributed by atoms with Crippen molar-refractivity contribution < 1.29 is 9.59 Å². The highest BCUT2D eigenvalue weighted by Gasteiger charge is 2.18. The molecule has 4 rings (SSSR count). The number of anilines is 2. The Morgan fingerprint density at radius 2 is 2.07 bits per heavy atom. The summed E-state index contributed by atoms with van der Waals surface area (Å²) in [5.41, 5.74) is 3.40. The summed E-state index contributed by atoms with van der Waals surface area (Å²) >= 11 is 0. The number of carbonyl (C=O) groups excluding carboxylic acids is 2. The molecule has 1 saturated carbocycles. The van der Waals surface area contributed by atoms with Crippen LogP contribution in [0.5, 0.6) is 0 Å². The highest BCUT2D eigenvalue weighted by atomic mass is 16.2. The predicted molar refractivity (Wildman–Crippen MR) is 114 cm³/mol. The summed E-state index contributed by atoms with van der Waals surface area (Å²) in [4.78, 5) is 31.3. The van der Waals surface area contributed by atoms with E-state index in [0.717, 1.165) is 47.2 Å². The van der Waals surface area contributed by atoms with Crippen LogP contribution in [0.2, 0.25) is 0 Å². The van der Waals surface area contributed by atoms with E-state index < -0.39 is 0 Å². The van der Waals surface area contributed by atoms with Crippen molar-refractivity contribution in [2.45, 2.75) is 38.6 Å². The van der Waals surface area contributed by atoms with Crippen LogP contribution in [0, 0.1) is 0 Å². The first-order valence-electron chi connectivity index (χ1n) is 9.97. The van der Waals surface area contributed by atoms with Gasteiger partial charge in [0.1, 0.15) is 5.82 Å². The first-order valence-corrected chi connectivity index (χ1v) is 9.97. The van der Waals surface area contributed by atoms with Crippen molar-refractivity contribution in [3.05, 3.63) is 53.9 Å². The summed E-state index contributed by atoms with van der Waals surface area (Å²) in [6, 6.07) is 9.76. The second kappa shape index (κ2) is 8.34. The van der Waals surface area contributed by atoms with Crippen LogP contribution in [0.25, 0.3) is 10.9 Å². The average Bonchev–Trinajstić information content (AvgIpc) is 3.07. The monoisotopic (exact) mass is 391 g/mol. The van der Waals surface area contributed by atoms with E-state index in [1.807, 2.05) is 24.4 Å². The third-order valence-corrected chi connectivity index (χ3v) is 5.27. The van der Waals surface area contributed by atoms with Crippen molar-refractivity contribution in [1.82, 2.24) is 15.3 Å². The molecule has 0 saturated heterocycles. The van der Waals surface area contributed by atoms with Gasteiger partial charge in [-0.1, -0.05) is 0 Å². The van der Waals surface area contributed by atoms with Crippen LogP contribution in [-0.4, -0.2) is 34.4 Å². The van der Waals surface area contributed by atoms with Gasteiger partial charge in [0.2, 0.25) is 5.91 Å². The molecule has 1 aliphatic rings. The van der Waals surface area contributed by atoms with Gasteiger partial charge in [0, 0.05) is 54.1 Å². The van der Waals surface area contributed by atoms with Gasteiger partial charge in [-0.3, -0.25) is 9.59 Å². The fraction of sp³-hybridized carbons (Fsp3) is 0.318. The average molecular weight is 391 g/mol. The zero-order chi connectivity index (χ0) is 20.2. The van der Waals surface area contributed by atoms with E-state index in [0.29, 0.717) is 18.2 Å². The van der Waals surface area contributed by atoms with Crippen molar-refractivity contribution in [2.24, 2.45) is 0 Å². The molecule has 1 fully saturated rings. The fourth-order valence-electron chi connectivity index (χ4n) is 3.45. The smallest absolute Gasteiger partial charge is 0.255 e. The summed E-state index contributed by atoms with van der Waals surface area (Å²) in [5, 5.41) is 10.2. The molecule has 4 N–H and O–H groups in total. The number of rotatable bonds is 7. The molecule has 7 heteroatoms. The molecular weight excluding hydrogens is 366 g/mol. The van der Waals surface area contributed by atoms with Gasteiger partial charge < -0.3 is 20.9 Å². The van der Waals surface area contributed by atoms with Gasteiger partial charge in [-0.2, -0.15) is 0 Å². The highest BCUT2D eigenvalue weighted by molar-refractivity contribution is 6.05. The Morgan fingerprint density at radius 1 is 1.21 bits per heavy atom. The first-order chi connectivity index (χ1) is 14.1. The minimum Gasteiger partial charge on any atom is -0.367 e. The summed E-state index contributed by atoms with van der Waals surface area (Å²) in [5.74, 6) is 0.531. The second-order valence-electron chi connectivity index (χ2n) is 7.46. The summed E-state index contributed by atoms with van der Waals surface area (Å²) in [6.45, 7) is 2.09. The molecule has 2 amide bonds. The lowest BCUT2D eigenvalue weighted by atomic mass is 9.93. The fourth-order valence-corrected chi connectivity index (χ4v) is 3.45. The molecule has 7 nitrogen and oxygen atoms in total. The minimum atomic E-state index is -0.168. The van der Waals surface area contributed by atoms with Gasteiger partial charge in [0.15, 0.2) is 0 Å². The number of hydrogen-bond acceptors (Lipinski definition) is 4. The van der Waals surface area contributed by atoms with Crippen molar-refractivity contribution in [1.29, 1.82) is 0 Å². The minimum absolute atomic E-state index is 0.0405. The van der Waals surface area contributed by atoms with E-state index in [9.17, 15) is 9.59 Å². The van der Waals surface area contributed by atoms with Gasteiger partial charge >= 0.3 is 0 Å². The molecule has 1 aromatic carbocycles. The molecule has 0 aliphatic heterocycles. The summed E-state index contributed by atoms with van der Waals surface area (Å²) in [6.07, 6.45) is 7.87. The Hall–Kier alpha value is -3.35. The normalized spacial score (nSPS) is 13.7. The van der Waals surface area contributed by atoms with E-state index in [1.165, 1.54) is 13.3 Å². The lowest BCUT2D eigenvalue weighted by Crippen LogP contribution is -2.27. The largest absolute Gasteiger partial charge is 0.367 e. The van der Waals surface area contributed by atoms with Crippen LogP contribution in [0.4, 0.5) is 11.5 Å². The SMILES string of the molecule is CC(=O)NCCc1c[nH]c2ccc(NC(=O)c3ccnc(NC4CCC4)c3)cc12.